The van der Waals surface area contributed by atoms with Crippen LogP contribution in [0.3, 0.4) is 0 Å². The van der Waals surface area contributed by atoms with E-state index in [1.807, 2.05) is 0 Å². The molecule has 23 heavy (non-hydrogen) atoms. The van der Waals surface area contributed by atoms with Crippen LogP contribution in [-0.4, -0.2) is 17.9 Å². The Morgan fingerprint density at radius 2 is 1.57 bits per heavy atom. The molecule has 0 aliphatic rings. The Morgan fingerprint density at radius 1 is 0.957 bits per heavy atom. The van der Waals surface area contributed by atoms with Gasteiger partial charge >= 0.3 is 6.16 Å². The number of ether oxygens (including phenoxy) is 1. The molecular formula is C20H32O3. The third-order valence-corrected chi connectivity index (χ3v) is 4.35. The van der Waals surface area contributed by atoms with Crippen molar-refractivity contribution < 1.29 is 14.6 Å². The van der Waals surface area contributed by atoms with E-state index in [-0.39, 0.29) is 0 Å². The number of carboxylic acid groups (broad SMARTS) is 1. The minimum Gasteiger partial charge on any atom is -0.450 e. The molecule has 0 spiro atoms. The molecule has 1 atom stereocenters. The van der Waals surface area contributed by atoms with Crippen molar-refractivity contribution in [2.75, 3.05) is 6.61 Å². The Morgan fingerprint density at radius 3 is 2.17 bits per heavy atom. The third-order valence-electron chi connectivity index (χ3n) is 4.35. The van der Waals surface area contributed by atoms with Gasteiger partial charge in [0.1, 0.15) is 0 Å². The molecule has 1 N–H and O–H groups in total. The predicted molar refractivity (Wildman–Crippen MR) is 95.0 cm³/mol. The molecule has 1 rings (SSSR count). The number of carbonyl (C=O) groups is 1. The fraction of sp³-hybridized carbons (Fsp3) is 0.650. The summed E-state index contributed by atoms with van der Waals surface area (Å²) in [5, 5.41) is 8.41. The molecule has 1 aromatic rings. The number of unbranched alkanes of at least 4 members (excludes halogenated alkanes) is 6. The summed E-state index contributed by atoms with van der Waals surface area (Å²) in [5.74, 6) is 0.670. The smallest absolute Gasteiger partial charge is 0.450 e. The van der Waals surface area contributed by atoms with Crippen LogP contribution in [0, 0.1) is 0 Å². The van der Waals surface area contributed by atoms with Gasteiger partial charge in [-0.25, -0.2) is 4.79 Å². The molecule has 0 saturated heterocycles. The van der Waals surface area contributed by atoms with Gasteiger partial charge in [0.05, 0.1) is 6.61 Å². The van der Waals surface area contributed by atoms with Gasteiger partial charge < -0.3 is 9.84 Å². The van der Waals surface area contributed by atoms with Gasteiger partial charge in [0.2, 0.25) is 0 Å². The summed E-state index contributed by atoms with van der Waals surface area (Å²) in [5.41, 5.74) is 1.47. The van der Waals surface area contributed by atoms with Crippen LogP contribution in [0.1, 0.15) is 82.6 Å². The van der Waals surface area contributed by atoms with Gasteiger partial charge in [0.15, 0.2) is 0 Å². The van der Waals surface area contributed by atoms with Gasteiger partial charge in [-0.3, -0.25) is 0 Å². The van der Waals surface area contributed by atoms with E-state index in [9.17, 15) is 4.79 Å². The van der Waals surface area contributed by atoms with Gasteiger partial charge in [0.25, 0.3) is 0 Å². The molecule has 0 saturated carbocycles. The Hall–Kier alpha value is -1.51. The van der Waals surface area contributed by atoms with Gasteiger partial charge in [-0.15, -0.1) is 0 Å². The number of benzene rings is 1. The highest BCUT2D eigenvalue weighted by Gasteiger charge is 2.10. The van der Waals surface area contributed by atoms with E-state index >= 15 is 0 Å². The Labute approximate surface area is 141 Å². The molecule has 0 radical (unpaired) electrons. The monoisotopic (exact) mass is 320 g/mol. The zero-order valence-electron chi connectivity index (χ0n) is 14.5. The van der Waals surface area contributed by atoms with Crippen LogP contribution in [0.2, 0.25) is 0 Å². The van der Waals surface area contributed by atoms with Crippen molar-refractivity contribution in [3.05, 3.63) is 35.9 Å². The fourth-order valence-electron chi connectivity index (χ4n) is 3.03. The van der Waals surface area contributed by atoms with Crippen molar-refractivity contribution in [3.63, 3.8) is 0 Å². The normalized spacial score (nSPS) is 12.0. The lowest BCUT2D eigenvalue weighted by Gasteiger charge is -2.17. The van der Waals surface area contributed by atoms with Gasteiger partial charge in [-0.2, -0.15) is 0 Å². The second-order valence-electron chi connectivity index (χ2n) is 6.27. The van der Waals surface area contributed by atoms with Crippen LogP contribution in [0.5, 0.6) is 0 Å². The average molecular weight is 320 g/mol. The highest BCUT2D eigenvalue weighted by molar-refractivity contribution is 5.56. The Balaban J connectivity index is 2.25. The minimum absolute atomic E-state index is 0.328. The molecular weight excluding hydrogens is 288 g/mol. The van der Waals surface area contributed by atoms with E-state index in [4.69, 9.17) is 5.11 Å². The first-order valence-corrected chi connectivity index (χ1v) is 9.14. The molecule has 1 aromatic carbocycles. The largest absolute Gasteiger partial charge is 0.505 e. The third kappa shape index (κ3) is 9.98. The van der Waals surface area contributed by atoms with Crippen LogP contribution in [-0.2, 0) is 4.74 Å². The SMILES string of the molecule is CCCCCCC(CCCCCCOC(=O)O)c1ccccc1. The molecule has 0 amide bonds. The van der Waals surface area contributed by atoms with Crippen LogP contribution in [0.15, 0.2) is 30.3 Å². The zero-order chi connectivity index (χ0) is 16.8. The zero-order valence-corrected chi connectivity index (χ0v) is 14.5. The second-order valence-corrected chi connectivity index (χ2v) is 6.27. The van der Waals surface area contributed by atoms with E-state index < -0.39 is 6.16 Å². The quantitative estimate of drug-likeness (QED) is 0.338. The van der Waals surface area contributed by atoms with E-state index in [1.165, 1.54) is 50.5 Å². The first-order chi connectivity index (χ1) is 11.2. The van der Waals surface area contributed by atoms with Crippen molar-refractivity contribution in [3.8, 4) is 0 Å². The number of rotatable bonds is 13. The maximum absolute atomic E-state index is 10.3. The molecule has 1 unspecified atom stereocenters. The second kappa shape index (κ2) is 13.0. The van der Waals surface area contributed by atoms with E-state index in [2.05, 4.69) is 42.0 Å². The van der Waals surface area contributed by atoms with Crippen molar-refractivity contribution >= 4 is 6.16 Å². The lowest BCUT2D eigenvalue weighted by atomic mass is 9.88. The molecule has 130 valence electrons. The van der Waals surface area contributed by atoms with Crippen LogP contribution in [0.25, 0.3) is 0 Å². The number of hydrogen-bond donors (Lipinski definition) is 1. The Bertz CT molecular complexity index is 403. The molecule has 0 aliphatic carbocycles. The first kappa shape index (κ1) is 19.5. The highest BCUT2D eigenvalue weighted by atomic mass is 16.7. The van der Waals surface area contributed by atoms with Crippen molar-refractivity contribution in [1.29, 1.82) is 0 Å². The standard InChI is InChI=1S/C20H32O3/c1-2-3-4-8-13-18(19-15-10-7-11-16-19)14-9-5-6-12-17-23-20(21)22/h7,10-11,15-16,18H,2-6,8-9,12-14,17H2,1H3,(H,21,22). The molecule has 3 nitrogen and oxygen atoms in total. The van der Waals surface area contributed by atoms with Gasteiger partial charge in [-0.1, -0.05) is 82.2 Å². The molecule has 0 fully saturated rings. The van der Waals surface area contributed by atoms with Crippen LogP contribution in [0.4, 0.5) is 4.79 Å². The summed E-state index contributed by atoms with van der Waals surface area (Å²) in [6.07, 6.45) is 10.9. The fourth-order valence-corrected chi connectivity index (χ4v) is 3.03. The summed E-state index contributed by atoms with van der Waals surface area (Å²) in [6, 6.07) is 10.9. The first-order valence-electron chi connectivity index (χ1n) is 9.14. The summed E-state index contributed by atoms with van der Waals surface area (Å²) in [6.45, 7) is 2.58. The van der Waals surface area contributed by atoms with Crippen LogP contribution < -0.4 is 0 Å². The van der Waals surface area contributed by atoms with Gasteiger partial charge in [-0.05, 0) is 30.7 Å². The molecule has 0 aromatic heterocycles. The minimum atomic E-state index is -1.17. The van der Waals surface area contributed by atoms with Crippen molar-refractivity contribution in [1.82, 2.24) is 0 Å². The summed E-state index contributed by atoms with van der Waals surface area (Å²) in [7, 11) is 0. The topological polar surface area (TPSA) is 46.5 Å². The van der Waals surface area contributed by atoms with E-state index in [0.717, 1.165) is 19.3 Å². The van der Waals surface area contributed by atoms with Crippen LogP contribution >= 0.6 is 0 Å². The molecule has 0 heterocycles. The van der Waals surface area contributed by atoms with Crippen molar-refractivity contribution in [2.45, 2.75) is 77.0 Å². The van der Waals surface area contributed by atoms with Crippen molar-refractivity contribution in [2.24, 2.45) is 0 Å². The summed E-state index contributed by atoms with van der Waals surface area (Å²) < 4.78 is 4.53. The summed E-state index contributed by atoms with van der Waals surface area (Å²) in [4.78, 5) is 10.3. The molecule has 0 aliphatic heterocycles. The lowest BCUT2D eigenvalue weighted by Crippen LogP contribution is -2.02. The maximum atomic E-state index is 10.3. The highest BCUT2D eigenvalue weighted by Crippen LogP contribution is 2.28. The average Bonchev–Trinajstić information content (AvgIpc) is 2.56. The summed E-state index contributed by atoms with van der Waals surface area (Å²) >= 11 is 0. The molecule has 3 heteroatoms. The lowest BCUT2D eigenvalue weighted by molar-refractivity contribution is 0.0899. The maximum Gasteiger partial charge on any atom is 0.505 e. The Kier molecular flexibility index (Phi) is 11.0. The predicted octanol–water partition coefficient (Wildman–Crippen LogP) is 6.39. The number of hydrogen-bond acceptors (Lipinski definition) is 2. The van der Waals surface area contributed by atoms with Gasteiger partial charge in [0, 0.05) is 0 Å². The van der Waals surface area contributed by atoms with E-state index in [0.29, 0.717) is 12.5 Å². The molecule has 0 bridgehead atoms. The van der Waals surface area contributed by atoms with E-state index in [1.54, 1.807) is 0 Å².